The second-order valence-electron chi connectivity index (χ2n) is 6.37. The summed E-state index contributed by atoms with van der Waals surface area (Å²) in [6.45, 7) is 2.02. The number of hydrogen-bond acceptors (Lipinski definition) is 5. The summed E-state index contributed by atoms with van der Waals surface area (Å²) in [4.78, 5) is 19.9. The summed E-state index contributed by atoms with van der Waals surface area (Å²) in [6.07, 6.45) is 1.42. The molecule has 0 aliphatic carbocycles. The first kappa shape index (κ1) is 17.5. The van der Waals surface area contributed by atoms with Crippen molar-refractivity contribution in [3.8, 4) is 17.2 Å². The maximum Gasteiger partial charge on any atom is 0.335 e. The number of aromatic nitrogens is 1. The molecule has 0 saturated carbocycles. The zero-order valence-electron chi connectivity index (χ0n) is 15.0. The smallest absolute Gasteiger partial charge is 0.335 e. The first-order chi connectivity index (χ1) is 13.5. The maximum atomic E-state index is 11.1. The molecule has 0 fully saturated rings. The van der Waals surface area contributed by atoms with Crippen LogP contribution < -0.4 is 0 Å². The van der Waals surface area contributed by atoms with E-state index in [-0.39, 0.29) is 11.3 Å². The van der Waals surface area contributed by atoms with Crippen molar-refractivity contribution >= 4 is 29.0 Å². The second-order valence-corrected chi connectivity index (χ2v) is 6.37. The number of nitrogens with zero attached hydrogens (tertiary/aromatic N) is 2. The van der Waals surface area contributed by atoms with Crippen molar-refractivity contribution in [1.29, 1.82) is 0 Å². The van der Waals surface area contributed by atoms with Crippen LogP contribution >= 0.6 is 0 Å². The van der Waals surface area contributed by atoms with Crippen molar-refractivity contribution in [2.45, 2.75) is 6.92 Å². The first-order valence-corrected chi connectivity index (χ1v) is 8.57. The molecule has 0 aliphatic heterocycles. The van der Waals surface area contributed by atoms with Crippen LogP contribution in [0.4, 0.5) is 5.69 Å². The lowest BCUT2D eigenvalue weighted by Crippen LogP contribution is -1.97. The molecule has 4 aromatic rings. The molecular weight excluding hydrogens is 356 g/mol. The van der Waals surface area contributed by atoms with Gasteiger partial charge in [0.1, 0.15) is 11.3 Å². The molecule has 0 saturated heterocycles. The van der Waals surface area contributed by atoms with Crippen molar-refractivity contribution in [2.75, 3.05) is 0 Å². The van der Waals surface area contributed by atoms with Gasteiger partial charge in [0.05, 0.1) is 11.3 Å². The number of oxazole rings is 1. The fourth-order valence-electron chi connectivity index (χ4n) is 2.75. The number of benzene rings is 3. The summed E-state index contributed by atoms with van der Waals surface area (Å²) in [6, 6.07) is 17.3. The average molecular weight is 372 g/mol. The number of carboxylic acids is 1. The van der Waals surface area contributed by atoms with E-state index in [1.807, 2.05) is 31.2 Å². The van der Waals surface area contributed by atoms with Crippen LogP contribution in [0.5, 0.6) is 5.75 Å². The van der Waals surface area contributed by atoms with E-state index in [2.05, 4.69) is 9.98 Å². The largest absolute Gasteiger partial charge is 0.507 e. The lowest BCUT2D eigenvalue weighted by atomic mass is 10.1. The highest BCUT2D eigenvalue weighted by Crippen LogP contribution is 2.27. The Morgan fingerprint density at radius 1 is 1.07 bits per heavy atom. The Hall–Kier alpha value is -3.93. The van der Waals surface area contributed by atoms with Crippen molar-refractivity contribution in [3.63, 3.8) is 0 Å². The van der Waals surface area contributed by atoms with Gasteiger partial charge in [-0.1, -0.05) is 17.7 Å². The van der Waals surface area contributed by atoms with E-state index in [4.69, 9.17) is 9.52 Å². The molecule has 0 unspecified atom stereocenters. The number of aromatic hydroxyl groups is 1. The van der Waals surface area contributed by atoms with Crippen LogP contribution in [0.3, 0.4) is 0 Å². The van der Waals surface area contributed by atoms with Gasteiger partial charge in [0.25, 0.3) is 0 Å². The minimum atomic E-state index is -1.07. The monoisotopic (exact) mass is 372 g/mol. The third-order valence-corrected chi connectivity index (χ3v) is 4.30. The van der Waals surface area contributed by atoms with E-state index < -0.39 is 5.97 Å². The number of carbonyl (C=O) groups is 1. The molecular formula is C22H16N2O4. The molecule has 6 nitrogen and oxygen atoms in total. The molecule has 28 heavy (non-hydrogen) atoms. The van der Waals surface area contributed by atoms with E-state index in [0.717, 1.165) is 11.1 Å². The maximum absolute atomic E-state index is 11.1. The zero-order valence-corrected chi connectivity index (χ0v) is 15.0. The Balaban J connectivity index is 1.65. The van der Waals surface area contributed by atoms with Crippen molar-refractivity contribution < 1.29 is 19.4 Å². The number of rotatable bonds is 4. The number of aromatic carboxylic acids is 1. The van der Waals surface area contributed by atoms with Crippen molar-refractivity contribution in [1.82, 2.24) is 4.98 Å². The van der Waals surface area contributed by atoms with Gasteiger partial charge in [-0.05, 0) is 55.5 Å². The van der Waals surface area contributed by atoms with Gasteiger partial charge in [0.2, 0.25) is 5.89 Å². The molecule has 2 N–H and O–H groups in total. The Morgan fingerprint density at radius 2 is 1.86 bits per heavy atom. The Morgan fingerprint density at radius 3 is 2.61 bits per heavy atom. The van der Waals surface area contributed by atoms with Crippen molar-refractivity contribution in [3.05, 3.63) is 77.4 Å². The van der Waals surface area contributed by atoms with E-state index in [9.17, 15) is 9.90 Å². The molecule has 0 spiro atoms. The summed E-state index contributed by atoms with van der Waals surface area (Å²) in [7, 11) is 0. The first-order valence-electron chi connectivity index (χ1n) is 8.57. The van der Waals surface area contributed by atoms with Crippen LogP contribution in [0.1, 0.15) is 21.5 Å². The molecule has 0 amide bonds. The Kier molecular flexibility index (Phi) is 4.37. The quantitative estimate of drug-likeness (QED) is 0.494. The fourth-order valence-corrected chi connectivity index (χ4v) is 2.75. The summed E-state index contributed by atoms with van der Waals surface area (Å²) in [5, 5.41) is 19.0. The number of phenolic OH excluding ortho intramolecular Hbond substituents is 1. The van der Waals surface area contributed by atoms with Gasteiger partial charge in [-0.15, -0.1) is 0 Å². The van der Waals surface area contributed by atoms with Gasteiger partial charge in [0.15, 0.2) is 5.58 Å². The predicted molar refractivity (Wildman–Crippen MR) is 107 cm³/mol. The highest BCUT2D eigenvalue weighted by atomic mass is 16.4. The number of aliphatic imine (C=N–C) groups is 1. The van der Waals surface area contributed by atoms with E-state index in [1.54, 1.807) is 18.2 Å². The molecule has 138 valence electrons. The van der Waals surface area contributed by atoms with Crippen LogP contribution in [0.15, 0.2) is 70.1 Å². The minimum absolute atomic E-state index is 0.0436. The third kappa shape index (κ3) is 3.48. The third-order valence-electron chi connectivity index (χ3n) is 4.30. The molecule has 0 aliphatic rings. The fraction of sp³-hybridized carbons (Fsp3) is 0.0455. The standard InChI is InChI=1S/C22H16N2O4/c1-13-2-4-14(5-3-13)21-24-18-11-17(7-9-20(18)28-21)23-12-16-10-15(22(26)27)6-8-19(16)25/h2-12,25H,1H3,(H,26,27). The van der Waals surface area contributed by atoms with Gasteiger partial charge >= 0.3 is 5.97 Å². The van der Waals surface area contributed by atoms with Gasteiger partial charge < -0.3 is 14.6 Å². The summed E-state index contributed by atoms with van der Waals surface area (Å²) in [5.41, 5.74) is 4.36. The molecule has 0 atom stereocenters. The number of aryl methyl sites for hydroxylation is 1. The normalized spacial score (nSPS) is 11.3. The summed E-state index contributed by atoms with van der Waals surface area (Å²) in [5.74, 6) is -0.580. The van der Waals surface area contributed by atoms with Crippen LogP contribution in [0.2, 0.25) is 0 Å². The van der Waals surface area contributed by atoms with Crippen LogP contribution in [0.25, 0.3) is 22.6 Å². The Labute approximate surface area is 160 Å². The van der Waals surface area contributed by atoms with Gasteiger partial charge in [-0.2, -0.15) is 0 Å². The van der Waals surface area contributed by atoms with E-state index in [1.165, 1.54) is 24.4 Å². The molecule has 1 heterocycles. The average Bonchev–Trinajstić information content (AvgIpc) is 3.11. The highest BCUT2D eigenvalue weighted by Gasteiger charge is 2.09. The van der Waals surface area contributed by atoms with Gasteiger partial charge in [-0.25, -0.2) is 9.78 Å². The van der Waals surface area contributed by atoms with Crippen LogP contribution in [0, 0.1) is 6.92 Å². The molecule has 3 aromatic carbocycles. The lowest BCUT2D eigenvalue weighted by Gasteiger charge is -2.00. The summed E-state index contributed by atoms with van der Waals surface area (Å²) >= 11 is 0. The molecule has 4 rings (SSSR count). The van der Waals surface area contributed by atoms with E-state index in [0.29, 0.717) is 28.2 Å². The summed E-state index contributed by atoms with van der Waals surface area (Å²) < 4.78 is 5.80. The number of carboxylic acid groups (broad SMARTS) is 1. The lowest BCUT2D eigenvalue weighted by molar-refractivity contribution is 0.0697. The highest BCUT2D eigenvalue weighted by molar-refractivity contribution is 5.93. The van der Waals surface area contributed by atoms with E-state index >= 15 is 0 Å². The zero-order chi connectivity index (χ0) is 19.7. The molecule has 6 heteroatoms. The molecule has 0 radical (unpaired) electrons. The molecule has 0 bridgehead atoms. The van der Waals surface area contributed by atoms with Crippen molar-refractivity contribution in [2.24, 2.45) is 4.99 Å². The second kappa shape index (κ2) is 7.00. The number of hydrogen-bond donors (Lipinski definition) is 2. The number of fused-ring (bicyclic) bond motifs is 1. The topological polar surface area (TPSA) is 95.9 Å². The minimum Gasteiger partial charge on any atom is -0.507 e. The van der Waals surface area contributed by atoms with Crippen LogP contribution in [-0.4, -0.2) is 27.4 Å². The van der Waals surface area contributed by atoms with Gasteiger partial charge in [-0.3, -0.25) is 4.99 Å². The Bertz CT molecular complexity index is 1210. The molecule has 1 aromatic heterocycles. The SMILES string of the molecule is Cc1ccc(-c2nc3cc(N=Cc4cc(C(=O)O)ccc4O)ccc3o2)cc1. The predicted octanol–water partition coefficient (Wildman–Crippen LogP) is 4.96. The van der Waals surface area contributed by atoms with Gasteiger partial charge in [0, 0.05) is 17.3 Å². The van der Waals surface area contributed by atoms with Crippen LogP contribution in [-0.2, 0) is 0 Å². The number of phenols is 1.